The molecular weight excluding hydrogens is 405 g/mol. The highest BCUT2D eigenvalue weighted by Crippen LogP contribution is 2.34. The van der Waals surface area contributed by atoms with Gasteiger partial charge < -0.3 is 4.57 Å². The van der Waals surface area contributed by atoms with Gasteiger partial charge in [0.2, 0.25) is 0 Å². The average molecular weight is 419 g/mol. The van der Waals surface area contributed by atoms with Gasteiger partial charge in [-0.25, -0.2) is 8.78 Å². The lowest BCUT2D eigenvalue weighted by Crippen LogP contribution is -2.18. The quantitative estimate of drug-likeness (QED) is 0.431. The summed E-state index contributed by atoms with van der Waals surface area (Å²) in [4.78, 5) is 12.6. The van der Waals surface area contributed by atoms with E-state index in [1.165, 1.54) is 28.8 Å². The maximum atomic E-state index is 14.3. The van der Waals surface area contributed by atoms with Crippen LogP contribution in [0.15, 0.2) is 53.3 Å². The molecule has 4 aromatic rings. The minimum absolute atomic E-state index is 0.00993. The van der Waals surface area contributed by atoms with E-state index in [0.717, 1.165) is 22.7 Å². The molecule has 4 nitrogen and oxygen atoms in total. The largest absolute Gasteiger partial charge is 0.416 e. The van der Waals surface area contributed by atoms with Crippen LogP contribution in [-0.4, -0.2) is 14.2 Å². The number of alkyl halides is 3. The molecule has 9 heteroatoms. The summed E-state index contributed by atoms with van der Waals surface area (Å²) in [6, 6.07) is 8.65. The summed E-state index contributed by atoms with van der Waals surface area (Å²) in [5, 5.41) is 4.20. The Morgan fingerprint density at radius 3 is 2.23 bits per heavy atom. The van der Waals surface area contributed by atoms with Crippen LogP contribution < -0.4 is 5.56 Å². The third kappa shape index (κ3) is 3.16. The summed E-state index contributed by atoms with van der Waals surface area (Å²) in [5.41, 5.74) is 0.382. The third-order valence-corrected chi connectivity index (χ3v) is 4.89. The number of aromatic nitrogens is 3. The molecule has 0 aliphatic rings. The first-order chi connectivity index (χ1) is 14.1. The molecule has 0 saturated heterocycles. The van der Waals surface area contributed by atoms with E-state index in [9.17, 15) is 26.7 Å². The number of fused-ring (bicyclic) bond motifs is 1. The SMILES string of the molecule is Cc1nn2c(=O)cc(-c3ccc(F)cc3F)n(C)c2c1-c1ccc(C(F)(F)F)cc1. The Balaban J connectivity index is 1.99. The van der Waals surface area contributed by atoms with Gasteiger partial charge in [0.25, 0.3) is 5.56 Å². The van der Waals surface area contributed by atoms with Crippen LogP contribution in [0, 0.1) is 18.6 Å². The highest BCUT2D eigenvalue weighted by Gasteiger charge is 2.30. The lowest BCUT2D eigenvalue weighted by atomic mass is 10.0. The van der Waals surface area contributed by atoms with Crippen molar-refractivity contribution in [2.45, 2.75) is 13.1 Å². The molecule has 0 N–H and O–H groups in total. The minimum atomic E-state index is -4.48. The molecule has 2 aromatic carbocycles. The molecule has 30 heavy (non-hydrogen) atoms. The lowest BCUT2D eigenvalue weighted by molar-refractivity contribution is -0.137. The predicted octanol–water partition coefficient (Wildman–Crippen LogP) is 4.97. The van der Waals surface area contributed by atoms with Gasteiger partial charge in [0.05, 0.1) is 17.0 Å². The van der Waals surface area contributed by atoms with E-state index in [1.54, 1.807) is 14.0 Å². The van der Waals surface area contributed by atoms with Crippen LogP contribution in [0.4, 0.5) is 22.0 Å². The van der Waals surface area contributed by atoms with E-state index in [2.05, 4.69) is 5.10 Å². The normalized spacial score (nSPS) is 12.0. The van der Waals surface area contributed by atoms with Crippen LogP contribution in [0.3, 0.4) is 0 Å². The molecule has 0 aliphatic heterocycles. The summed E-state index contributed by atoms with van der Waals surface area (Å²) in [6.07, 6.45) is -4.48. The fraction of sp³-hybridized carbons (Fsp3) is 0.143. The van der Waals surface area contributed by atoms with E-state index < -0.39 is 28.9 Å². The van der Waals surface area contributed by atoms with Gasteiger partial charge in [0, 0.05) is 30.3 Å². The third-order valence-electron chi connectivity index (χ3n) is 4.89. The van der Waals surface area contributed by atoms with Gasteiger partial charge in [-0.15, -0.1) is 0 Å². The van der Waals surface area contributed by atoms with Gasteiger partial charge in [0.15, 0.2) is 0 Å². The fourth-order valence-electron chi connectivity index (χ4n) is 3.49. The average Bonchev–Trinajstić information content (AvgIpc) is 3.02. The molecule has 0 radical (unpaired) electrons. The molecule has 0 fully saturated rings. The topological polar surface area (TPSA) is 39.3 Å². The Morgan fingerprint density at radius 2 is 1.63 bits per heavy atom. The maximum Gasteiger partial charge on any atom is 0.416 e. The summed E-state index contributed by atoms with van der Waals surface area (Å²) in [6.45, 7) is 1.62. The number of aryl methyl sites for hydroxylation is 2. The summed E-state index contributed by atoms with van der Waals surface area (Å²) in [7, 11) is 1.57. The Bertz CT molecular complexity index is 1330. The van der Waals surface area contributed by atoms with Gasteiger partial charge in [-0.1, -0.05) is 12.1 Å². The molecule has 2 aromatic heterocycles. The van der Waals surface area contributed by atoms with E-state index in [1.807, 2.05) is 0 Å². The second-order valence-electron chi connectivity index (χ2n) is 6.82. The molecule has 0 saturated carbocycles. The number of rotatable bonds is 2. The smallest absolute Gasteiger partial charge is 0.328 e. The highest BCUT2D eigenvalue weighted by molar-refractivity contribution is 5.82. The van der Waals surface area contributed by atoms with Crippen LogP contribution in [0.1, 0.15) is 11.3 Å². The fourth-order valence-corrected chi connectivity index (χ4v) is 3.49. The van der Waals surface area contributed by atoms with Crippen molar-refractivity contribution >= 4 is 5.65 Å². The lowest BCUT2D eigenvalue weighted by Gasteiger charge is -2.13. The second-order valence-corrected chi connectivity index (χ2v) is 6.82. The van der Waals surface area contributed by atoms with Gasteiger partial charge in [-0.2, -0.15) is 22.8 Å². The Hall–Kier alpha value is -3.49. The zero-order valence-corrected chi connectivity index (χ0v) is 15.8. The van der Waals surface area contributed by atoms with Crippen molar-refractivity contribution in [3.8, 4) is 22.4 Å². The van der Waals surface area contributed by atoms with E-state index in [4.69, 9.17) is 0 Å². The van der Waals surface area contributed by atoms with Crippen LogP contribution in [0.25, 0.3) is 28.0 Å². The maximum absolute atomic E-state index is 14.3. The molecule has 0 bridgehead atoms. The Morgan fingerprint density at radius 1 is 0.967 bits per heavy atom. The standard InChI is InChI=1S/C21H14F5N3O/c1-11-19(12-3-5-13(6-4-12)21(24,25)26)20-28(2)17(10-18(30)29(20)27-11)15-8-7-14(22)9-16(15)23/h3-10H,1-2H3. The van der Waals surface area contributed by atoms with E-state index >= 15 is 0 Å². The van der Waals surface area contributed by atoms with Gasteiger partial charge in [-0.05, 0) is 36.8 Å². The van der Waals surface area contributed by atoms with Crippen LogP contribution in [0.5, 0.6) is 0 Å². The van der Waals surface area contributed by atoms with E-state index in [0.29, 0.717) is 22.9 Å². The van der Waals surface area contributed by atoms with Crippen molar-refractivity contribution in [2.75, 3.05) is 0 Å². The number of halogens is 5. The first-order valence-electron chi connectivity index (χ1n) is 8.80. The molecule has 0 aliphatic carbocycles. The minimum Gasteiger partial charge on any atom is -0.328 e. The van der Waals surface area contributed by atoms with E-state index in [-0.39, 0.29) is 16.9 Å². The number of benzene rings is 2. The molecule has 4 rings (SSSR count). The van der Waals surface area contributed by atoms with Crippen molar-refractivity contribution in [1.82, 2.24) is 14.2 Å². The number of nitrogens with zero attached hydrogens (tertiary/aromatic N) is 3. The zero-order chi connectivity index (χ0) is 21.8. The molecule has 0 spiro atoms. The predicted molar refractivity (Wildman–Crippen MR) is 101 cm³/mol. The molecule has 2 heterocycles. The van der Waals surface area contributed by atoms with Gasteiger partial charge in [0.1, 0.15) is 17.3 Å². The van der Waals surface area contributed by atoms with Gasteiger partial charge in [-0.3, -0.25) is 4.79 Å². The Kier molecular flexibility index (Phi) is 4.48. The van der Waals surface area contributed by atoms with Crippen molar-refractivity contribution in [3.05, 3.63) is 81.8 Å². The Labute approximate surface area is 166 Å². The van der Waals surface area contributed by atoms with Crippen molar-refractivity contribution < 1.29 is 22.0 Å². The molecule has 154 valence electrons. The first kappa shape index (κ1) is 19.8. The summed E-state index contributed by atoms with van der Waals surface area (Å²) >= 11 is 0. The van der Waals surface area contributed by atoms with Crippen molar-refractivity contribution in [3.63, 3.8) is 0 Å². The van der Waals surface area contributed by atoms with Crippen molar-refractivity contribution in [2.24, 2.45) is 7.05 Å². The first-order valence-corrected chi connectivity index (χ1v) is 8.80. The zero-order valence-electron chi connectivity index (χ0n) is 15.8. The van der Waals surface area contributed by atoms with Crippen LogP contribution >= 0.6 is 0 Å². The summed E-state index contributed by atoms with van der Waals surface area (Å²) < 4.78 is 68.9. The molecule has 0 atom stereocenters. The molecule has 0 unspecified atom stereocenters. The second kappa shape index (κ2) is 6.79. The monoisotopic (exact) mass is 419 g/mol. The van der Waals surface area contributed by atoms with Crippen molar-refractivity contribution in [1.29, 1.82) is 0 Å². The van der Waals surface area contributed by atoms with Gasteiger partial charge >= 0.3 is 6.18 Å². The molecular formula is C21H14F5N3O. The number of hydrogen-bond acceptors (Lipinski definition) is 2. The van der Waals surface area contributed by atoms with Crippen LogP contribution in [0.2, 0.25) is 0 Å². The number of hydrogen-bond donors (Lipinski definition) is 0. The highest BCUT2D eigenvalue weighted by atomic mass is 19.4. The van der Waals surface area contributed by atoms with Crippen LogP contribution in [-0.2, 0) is 13.2 Å². The molecule has 0 amide bonds. The summed E-state index contributed by atoms with van der Waals surface area (Å²) in [5.74, 6) is -1.60.